The molecule has 6 heteroatoms. The molecule has 0 aromatic rings. The third-order valence-corrected chi connectivity index (χ3v) is 4.10. The summed E-state index contributed by atoms with van der Waals surface area (Å²) in [5.74, 6) is -1.38. The Balaban J connectivity index is 2.06. The summed E-state index contributed by atoms with van der Waals surface area (Å²) in [5, 5.41) is 9.36. The average molecular weight is 285 g/mol. The summed E-state index contributed by atoms with van der Waals surface area (Å²) in [6.07, 6.45) is 1.03. The number of nitrogens with zero attached hydrogens (tertiary/aromatic N) is 1. The van der Waals surface area contributed by atoms with E-state index in [1.807, 2.05) is 20.8 Å². The van der Waals surface area contributed by atoms with Gasteiger partial charge in [0.15, 0.2) is 0 Å². The highest BCUT2D eigenvalue weighted by atomic mass is 16.6. The molecular weight excluding hydrogens is 262 g/mol. The highest BCUT2D eigenvalue weighted by molar-refractivity contribution is 5.73. The molecule has 6 nitrogen and oxygen atoms in total. The SMILES string of the molecule is CC(C)(C)OC(=O)N1CCC2(CCOCC2C(=O)O)C1. The summed E-state index contributed by atoms with van der Waals surface area (Å²) < 4.78 is 10.7. The minimum absolute atomic E-state index is 0.234. The number of carbonyl (C=O) groups is 2. The van der Waals surface area contributed by atoms with Crippen molar-refractivity contribution in [2.75, 3.05) is 26.3 Å². The smallest absolute Gasteiger partial charge is 0.410 e. The van der Waals surface area contributed by atoms with Crippen molar-refractivity contribution in [3.8, 4) is 0 Å². The molecule has 2 rings (SSSR count). The van der Waals surface area contributed by atoms with Gasteiger partial charge in [0.1, 0.15) is 5.60 Å². The Kier molecular flexibility index (Phi) is 3.95. The highest BCUT2D eigenvalue weighted by Gasteiger charge is 2.51. The molecule has 2 saturated heterocycles. The Labute approximate surface area is 119 Å². The van der Waals surface area contributed by atoms with Gasteiger partial charge in [-0.25, -0.2) is 4.79 Å². The van der Waals surface area contributed by atoms with Crippen molar-refractivity contribution in [1.29, 1.82) is 0 Å². The summed E-state index contributed by atoms with van der Waals surface area (Å²) in [6.45, 7) is 7.27. The molecule has 1 spiro atoms. The highest BCUT2D eigenvalue weighted by Crippen LogP contribution is 2.44. The third kappa shape index (κ3) is 3.06. The first kappa shape index (κ1) is 15.1. The zero-order chi connectivity index (χ0) is 15.0. The van der Waals surface area contributed by atoms with Crippen LogP contribution in [0.5, 0.6) is 0 Å². The predicted molar refractivity (Wildman–Crippen MR) is 71.4 cm³/mol. The summed E-state index contributed by atoms with van der Waals surface area (Å²) >= 11 is 0. The van der Waals surface area contributed by atoms with E-state index < -0.39 is 17.5 Å². The maximum atomic E-state index is 12.1. The van der Waals surface area contributed by atoms with Gasteiger partial charge in [-0.3, -0.25) is 4.79 Å². The van der Waals surface area contributed by atoms with Crippen LogP contribution in [-0.4, -0.2) is 54.0 Å². The summed E-state index contributed by atoms with van der Waals surface area (Å²) in [7, 11) is 0. The third-order valence-electron chi connectivity index (χ3n) is 4.10. The van der Waals surface area contributed by atoms with E-state index in [1.54, 1.807) is 4.90 Å². The fourth-order valence-corrected chi connectivity index (χ4v) is 3.03. The van der Waals surface area contributed by atoms with Gasteiger partial charge in [-0.2, -0.15) is 0 Å². The predicted octanol–water partition coefficient (Wildman–Crippen LogP) is 1.73. The van der Waals surface area contributed by atoms with Crippen LogP contribution < -0.4 is 0 Å². The van der Waals surface area contributed by atoms with E-state index >= 15 is 0 Å². The van der Waals surface area contributed by atoms with Crippen LogP contribution in [0.2, 0.25) is 0 Å². The molecule has 2 aliphatic heterocycles. The minimum Gasteiger partial charge on any atom is -0.481 e. The lowest BCUT2D eigenvalue weighted by Gasteiger charge is -2.38. The zero-order valence-electron chi connectivity index (χ0n) is 12.3. The van der Waals surface area contributed by atoms with E-state index in [0.717, 1.165) is 0 Å². The molecule has 2 unspecified atom stereocenters. The Hall–Kier alpha value is -1.30. The standard InChI is InChI=1S/C14H23NO5/c1-13(2,3)20-12(18)15-6-4-14(9-15)5-7-19-8-10(14)11(16)17/h10H,4-9H2,1-3H3,(H,16,17). The largest absolute Gasteiger partial charge is 0.481 e. The second-order valence-corrected chi connectivity index (χ2v) is 6.73. The number of carboxylic acids is 1. The number of aliphatic carboxylic acids is 1. The van der Waals surface area contributed by atoms with E-state index in [2.05, 4.69) is 0 Å². The first-order valence-electron chi connectivity index (χ1n) is 7.02. The van der Waals surface area contributed by atoms with Gasteiger partial charge in [0.2, 0.25) is 0 Å². The van der Waals surface area contributed by atoms with Crippen LogP contribution in [-0.2, 0) is 14.3 Å². The molecular formula is C14H23NO5. The van der Waals surface area contributed by atoms with Crippen LogP contribution in [0.3, 0.4) is 0 Å². The Morgan fingerprint density at radius 3 is 2.65 bits per heavy atom. The summed E-state index contributed by atoms with van der Waals surface area (Å²) in [5.41, 5.74) is -0.893. The fraction of sp³-hybridized carbons (Fsp3) is 0.857. The van der Waals surface area contributed by atoms with Crippen LogP contribution >= 0.6 is 0 Å². The lowest BCUT2D eigenvalue weighted by atomic mass is 9.71. The van der Waals surface area contributed by atoms with E-state index in [0.29, 0.717) is 32.5 Å². The van der Waals surface area contributed by atoms with E-state index in [4.69, 9.17) is 9.47 Å². The fourth-order valence-electron chi connectivity index (χ4n) is 3.03. The molecule has 2 fully saturated rings. The van der Waals surface area contributed by atoms with Crippen LogP contribution in [0, 0.1) is 11.3 Å². The van der Waals surface area contributed by atoms with Crippen LogP contribution in [0.4, 0.5) is 4.79 Å². The molecule has 0 aromatic heterocycles. The number of carboxylic acid groups (broad SMARTS) is 1. The van der Waals surface area contributed by atoms with E-state index in [1.165, 1.54) is 0 Å². The number of amides is 1. The van der Waals surface area contributed by atoms with Crippen molar-refractivity contribution in [1.82, 2.24) is 4.90 Å². The number of carbonyl (C=O) groups excluding carboxylic acids is 1. The van der Waals surface area contributed by atoms with Crippen molar-refractivity contribution in [2.24, 2.45) is 11.3 Å². The van der Waals surface area contributed by atoms with Crippen LogP contribution in [0.25, 0.3) is 0 Å². The number of hydrogen-bond donors (Lipinski definition) is 1. The van der Waals surface area contributed by atoms with Crippen LogP contribution in [0.1, 0.15) is 33.6 Å². The van der Waals surface area contributed by atoms with Gasteiger partial charge < -0.3 is 19.5 Å². The molecule has 2 aliphatic rings. The van der Waals surface area contributed by atoms with Gasteiger partial charge >= 0.3 is 12.1 Å². The number of likely N-dealkylation sites (tertiary alicyclic amines) is 1. The van der Waals surface area contributed by atoms with Crippen molar-refractivity contribution >= 4 is 12.1 Å². The molecule has 20 heavy (non-hydrogen) atoms. The zero-order valence-corrected chi connectivity index (χ0v) is 12.3. The first-order valence-corrected chi connectivity index (χ1v) is 7.02. The maximum Gasteiger partial charge on any atom is 0.410 e. The molecule has 114 valence electrons. The van der Waals surface area contributed by atoms with Gasteiger partial charge in [-0.15, -0.1) is 0 Å². The first-order chi connectivity index (χ1) is 9.23. The van der Waals surface area contributed by atoms with E-state index in [-0.39, 0.29) is 18.1 Å². The molecule has 0 aliphatic carbocycles. The normalized spacial score (nSPS) is 30.6. The monoisotopic (exact) mass is 285 g/mol. The maximum absolute atomic E-state index is 12.1. The molecule has 0 bridgehead atoms. The second kappa shape index (κ2) is 5.24. The summed E-state index contributed by atoms with van der Waals surface area (Å²) in [6, 6.07) is 0. The van der Waals surface area contributed by atoms with Gasteiger partial charge in [0.05, 0.1) is 12.5 Å². The Morgan fingerprint density at radius 1 is 1.35 bits per heavy atom. The molecule has 0 aromatic carbocycles. The molecule has 0 saturated carbocycles. The Morgan fingerprint density at radius 2 is 2.05 bits per heavy atom. The molecule has 2 heterocycles. The number of rotatable bonds is 1. The van der Waals surface area contributed by atoms with Crippen molar-refractivity contribution in [2.45, 2.75) is 39.2 Å². The molecule has 2 atom stereocenters. The lowest BCUT2D eigenvalue weighted by Crippen LogP contribution is -2.46. The molecule has 1 N–H and O–H groups in total. The van der Waals surface area contributed by atoms with Gasteiger partial charge in [0, 0.05) is 25.1 Å². The topological polar surface area (TPSA) is 76.1 Å². The minimum atomic E-state index is -0.837. The lowest BCUT2D eigenvalue weighted by molar-refractivity contribution is -0.155. The summed E-state index contributed by atoms with van der Waals surface area (Å²) in [4.78, 5) is 25.1. The van der Waals surface area contributed by atoms with Gasteiger partial charge in [-0.05, 0) is 33.6 Å². The van der Waals surface area contributed by atoms with Gasteiger partial charge in [0.25, 0.3) is 0 Å². The van der Waals surface area contributed by atoms with Crippen molar-refractivity contribution < 1.29 is 24.2 Å². The van der Waals surface area contributed by atoms with Crippen LogP contribution in [0.15, 0.2) is 0 Å². The number of ether oxygens (including phenoxy) is 2. The van der Waals surface area contributed by atoms with E-state index in [9.17, 15) is 14.7 Å². The van der Waals surface area contributed by atoms with Crippen molar-refractivity contribution in [3.05, 3.63) is 0 Å². The Bertz CT molecular complexity index is 403. The van der Waals surface area contributed by atoms with Gasteiger partial charge in [-0.1, -0.05) is 0 Å². The quantitative estimate of drug-likeness (QED) is 0.794. The molecule has 0 radical (unpaired) electrons. The average Bonchev–Trinajstić information content (AvgIpc) is 2.72. The molecule has 1 amide bonds. The van der Waals surface area contributed by atoms with Crippen molar-refractivity contribution in [3.63, 3.8) is 0 Å². The second-order valence-electron chi connectivity index (χ2n) is 6.73. The number of hydrogen-bond acceptors (Lipinski definition) is 4.